The number of nitrogens with zero attached hydrogens (tertiary/aromatic N) is 2. The third-order valence-electron chi connectivity index (χ3n) is 5.16. The van der Waals surface area contributed by atoms with Gasteiger partial charge in [0.05, 0.1) is 17.6 Å². The quantitative estimate of drug-likeness (QED) is 0.145. The number of anilines is 1. The fourth-order valence-corrected chi connectivity index (χ4v) is 4.21. The Labute approximate surface area is 203 Å². The maximum Gasteiger partial charge on any atom is 0.153 e. The molecule has 2 aromatic carbocycles. The fraction of sp³-hybridized carbons (Fsp3) is 0.269. The third-order valence-corrected chi connectivity index (χ3v) is 6.75. The Morgan fingerprint density at radius 3 is 2.47 bits per heavy atom. The van der Waals surface area contributed by atoms with Crippen LogP contribution in [0, 0.1) is 5.41 Å². The largest absolute Gasteiger partial charge is 0.611 e. The van der Waals surface area contributed by atoms with Crippen molar-refractivity contribution in [3.63, 3.8) is 0 Å². The van der Waals surface area contributed by atoms with Gasteiger partial charge < -0.3 is 26.1 Å². The lowest BCUT2D eigenvalue weighted by Crippen LogP contribution is -2.13. The Hall–Kier alpha value is -3.20. The Morgan fingerprint density at radius 1 is 1.18 bits per heavy atom. The molecule has 8 heteroatoms. The molecular formula is C26H31N5O2S. The zero-order chi connectivity index (χ0) is 24.7. The van der Waals surface area contributed by atoms with Crippen molar-refractivity contribution in [2.24, 2.45) is 0 Å². The standard InChI is InChI=1S/C26H31N5O2S/c1-4-13-29-15-18-5-7-19(8-6-18)22(27)14-24(32)25-26(28)30-16-23(31-25)20-9-11-21(12-10-20)34(33)17(2)3/h5-12,14,16-17,27,29,32H,4,13,15H2,1-3H3,(H2,28,30)/b24-14-,27-22?. The first-order valence-corrected chi connectivity index (χ1v) is 12.4. The van der Waals surface area contributed by atoms with Crippen LogP contribution >= 0.6 is 0 Å². The second-order valence-corrected chi connectivity index (χ2v) is 10.2. The predicted octanol–water partition coefficient (Wildman–Crippen LogP) is 4.71. The lowest BCUT2D eigenvalue weighted by molar-refractivity contribution is 0.509. The molecule has 7 nitrogen and oxygen atoms in total. The van der Waals surface area contributed by atoms with Crippen molar-refractivity contribution in [1.82, 2.24) is 15.3 Å². The first-order chi connectivity index (χ1) is 16.3. The topological polar surface area (TPSA) is 131 Å². The molecule has 1 atom stereocenters. The van der Waals surface area contributed by atoms with E-state index in [9.17, 15) is 9.66 Å². The lowest BCUT2D eigenvalue weighted by Gasteiger charge is -2.14. The smallest absolute Gasteiger partial charge is 0.153 e. The van der Waals surface area contributed by atoms with Crippen LogP contribution in [0.2, 0.25) is 0 Å². The monoisotopic (exact) mass is 477 g/mol. The second kappa shape index (κ2) is 11.8. The van der Waals surface area contributed by atoms with E-state index < -0.39 is 11.2 Å². The number of hydrogen-bond acceptors (Lipinski definition) is 7. The molecule has 3 rings (SSSR count). The van der Waals surface area contributed by atoms with E-state index >= 15 is 0 Å². The third kappa shape index (κ3) is 6.44. The first-order valence-electron chi connectivity index (χ1n) is 11.2. The van der Waals surface area contributed by atoms with Crippen LogP contribution in [0.5, 0.6) is 0 Å². The lowest BCUT2D eigenvalue weighted by atomic mass is 10.1. The first kappa shape index (κ1) is 25.4. The molecule has 0 fully saturated rings. The average molecular weight is 478 g/mol. The van der Waals surface area contributed by atoms with Gasteiger partial charge in [0.15, 0.2) is 10.7 Å². The molecule has 5 N–H and O–H groups in total. The van der Waals surface area contributed by atoms with E-state index in [2.05, 4.69) is 22.2 Å². The van der Waals surface area contributed by atoms with E-state index in [0.717, 1.165) is 35.5 Å². The number of aliphatic hydroxyl groups excluding tert-OH is 1. The van der Waals surface area contributed by atoms with Crippen LogP contribution < -0.4 is 11.1 Å². The van der Waals surface area contributed by atoms with Gasteiger partial charge in [-0.25, -0.2) is 9.97 Å². The predicted molar refractivity (Wildman–Crippen MR) is 139 cm³/mol. The van der Waals surface area contributed by atoms with Gasteiger partial charge in [0.2, 0.25) is 0 Å². The molecule has 0 amide bonds. The van der Waals surface area contributed by atoms with E-state index in [4.69, 9.17) is 11.1 Å². The second-order valence-electron chi connectivity index (χ2n) is 8.18. The number of benzene rings is 2. The van der Waals surface area contributed by atoms with E-state index in [-0.39, 0.29) is 28.2 Å². The minimum absolute atomic E-state index is 0.0279. The highest BCUT2D eigenvalue weighted by Gasteiger charge is 2.16. The van der Waals surface area contributed by atoms with Gasteiger partial charge >= 0.3 is 0 Å². The summed E-state index contributed by atoms with van der Waals surface area (Å²) in [6.45, 7) is 7.67. The number of aliphatic hydroxyl groups is 1. The van der Waals surface area contributed by atoms with Crippen LogP contribution in [0.1, 0.15) is 44.0 Å². The van der Waals surface area contributed by atoms with Gasteiger partial charge in [0, 0.05) is 18.2 Å². The van der Waals surface area contributed by atoms with Gasteiger partial charge in [-0.1, -0.05) is 31.2 Å². The van der Waals surface area contributed by atoms with Crippen molar-refractivity contribution in [3.8, 4) is 11.3 Å². The molecule has 178 valence electrons. The van der Waals surface area contributed by atoms with Crippen molar-refractivity contribution in [2.75, 3.05) is 12.3 Å². The summed E-state index contributed by atoms with van der Waals surface area (Å²) in [6.07, 6.45) is 3.92. The highest BCUT2D eigenvalue weighted by molar-refractivity contribution is 7.92. The van der Waals surface area contributed by atoms with Crippen molar-refractivity contribution in [3.05, 3.63) is 77.6 Å². The van der Waals surface area contributed by atoms with E-state index in [1.807, 2.05) is 50.2 Å². The summed E-state index contributed by atoms with van der Waals surface area (Å²) < 4.78 is 12.3. The van der Waals surface area contributed by atoms with Gasteiger partial charge in [-0.05, 0) is 73.4 Å². The Kier molecular flexibility index (Phi) is 8.81. The summed E-state index contributed by atoms with van der Waals surface area (Å²) in [5, 5.41) is 22.4. The fourth-order valence-electron chi connectivity index (χ4n) is 3.26. The number of rotatable bonds is 10. The summed E-state index contributed by atoms with van der Waals surface area (Å²) in [6, 6.07) is 14.9. The Bertz CT molecular complexity index is 1140. The van der Waals surface area contributed by atoms with Crippen LogP contribution in [0.4, 0.5) is 5.82 Å². The molecule has 0 saturated heterocycles. The van der Waals surface area contributed by atoms with E-state index in [1.54, 1.807) is 12.1 Å². The van der Waals surface area contributed by atoms with Gasteiger partial charge in [-0.3, -0.25) is 0 Å². The molecule has 1 unspecified atom stereocenters. The number of nitrogen functional groups attached to an aromatic ring is 1. The van der Waals surface area contributed by atoms with Crippen molar-refractivity contribution in [2.45, 2.75) is 43.9 Å². The summed E-state index contributed by atoms with van der Waals surface area (Å²) in [5.74, 6) is -0.164. The normalized spacial score (nSPS) is 12.7. The maximum atomic E-state index is 12.3. The van der Waals surface area contributed by atoms with E-state index in [1.165, 1.54) is 12.3 Å². The SMILES string of the molecule is CCCNCc1ccc(C(=N)/C=C(\O)c2nc(-c3ccc([S+]([O-])C(C)C)cc3)cnc2N)cc1. The summed E-state index contributed by atoms with van der Waals surface area (Å²) in [5.41, 5.74) is 9.28. The van der Waals surface area contributed by atoms with E-state index in [0.29, 0.717) is 11.3 Å². The molecule has 0 aliphatic carbocycles. The minimum atomic E-state index is -1.08. The number of hydrogen-bond donors (Lipinski definition) is 4. The Balaban J connectivity index is 1.79. The number of nitrogens with one attached hydrogen (secondary N) is 2. The molecule has 3 aromatic rings. The summed E-state index contributed by atoms with van der Waals surface area (Å²) in [4.78, 5) is 9.38. The highest BCUT2D eigenvalue weighted by Crippen LogP contribution is 2.24. The maximum absolute atomic E-state index is 12.3. The Morgan fingerprint density at radius 2 is 1.85 bits per heavy atom. The van der Waals surface area contributed by atoms with Crippen LogP contribution in [-0.2, 0) is 17.7 Å². The molecule has 34 heavy (non-hydrogen) atoms. The average Bonchev–Trinajstić information content (AvgIpc) is 2.84. The van der Waals surface area contributed by atoms with Gasteiger partial charge in [-0.2, -0.15) is 0 Å². The summed E-state index contributed by atoms with van der Waals surface area (Å²) >= 11 is -1.08. The molecule has 0 bridgehead atoms. The van der Waals surface area contributed by atoms with Crippen molar-refractivity contribution >= 4 is 28.5 Å². The van der Waals surface area contributed by atoms with Crippen molar-refractivity contribution in [1.29, 1.82) is 5.41 Å². The van der Waals surface area contributed by atoms with Crippen molar-refractivity contribution < 1.29 is 9.66 Å². The molecule has 0 spiro atoms. The molecular weight excluding hydrogens is 446 g/mol. The molecule has 0 aliphatic heterocycles. The molecule has 0 aliphatic rings. The molecule has 0 saturated carbocycles. The number of aromatic nitrogens is 2. The van der Waals surface area contributed by atoms with Gasteiger partial charge in [0.25, 0.3) is 0 Å². The summed E-state index contributed by atoms with van der Waals surface area (Å²) in [7, 11) is 0. The highest BCUT2D eigenvalue weighted by atomic mass is 32.2. The number of nitrogens with two attached hydrogens (primary N) is 1. The molecule has 0 radical (unpaired) electrons. The van der Waals surface area contributed by atoms with Gasteiger partial charge in [-0.15, -0.1) is 0 Å². The number of allylic oxidation sites excluding steroid dienone is 1. The molecule has 1 aromatic heterocycles. The zero-order valence-corrected chi connectivity index (χ0v) is 20.5. The van der Waals surface area contributed by atoms with Crippen LogP contribution in [-0.4, -0.2) is 37.1 Å². The van der Waals surface area contributed by atoms with Crippen LogP contribution in [0.3, 0.4) is 0 Å². The zero-order valence-electron chi connectivity index (χ0n) is 19.7. The minimum Gasteiger partial charge on any atom is -0.611 e. The van der Waals surface area contributed by atoms with Crippen LogP contribution in [0.25, 0.3) is 17.0 Å². The molecule has 1 heterocycles. The van der Waals surface area contributed by atoms with Gasteiger partial charge in [0.1, 0.15) is 16.7 Å². The van der Waals surface area contributed by atoms with Crippen LogP contribution in [0.15, 0.2) is 65.7 Å².